The minimum atomic E-state index is 0.487. The molecule has 2 aromatic rings. The van der Waals surface area contributed by atoms with Gasteiger partial charge in [-0.3, -0.25) is 0 Å². The molecule has 0 spiro atoms. The molecule has 0 aromatic carbocycles. The average molecular weight is 376 g/mol. The maximum Gasteiger partial charge on any atom is 0.134 e. The van der Waals surface area contributed by atoms with Crippen molar-refractivity contribution in [3.05, 3.63) is 29.4 Å². The lowest BCUT2D eigenvalue weighted by Crippen LogP contribution is -2.47. The van der Waals surface area contributed by atoms with E-state index in [2.05, 4.69) is 40.7 Å². The number of piperazine rings is 1. The predicted octanol–water partition coefficient (Wildman–Crippen LogP) is 1.39. The first-order valence-electron chi connectivity index (χ1n) is 8.85. The standard InChI is InChI=1S/C17H22ClN7O/c1-13-21-14(18)10-17(22-13)24-4-2-23(3-5-24)15-11-16(20-12-19-15)25-6-8-26-9-7-25/h10-12H,2-9H2,1H3. The monoisotopic (exact) mass is 375 g/mol. The zero-order valence-corrected chi connectivity index (χ0v) is 15.6. The van der Waals surface area contributed by atoms with Crippen molar-refractivity contribution in [2.24, 2.45) is 0 Å². The SMILES string of the molecule is Cc1nc(Cl)cc(N2CCN(c3cc(N4CCOCC4)ncn3)CC2)n1. The second kappa shape index (κ2) is 7.59. The maximum atomic E-state index is 6.07. The van der Waals surface area contributed by atoms with Crippen molar-refractivity contribution in [2.45, 2.75) is 6.92 Å². The van der Waals surface area contributed by atoms with Crippen molar-refractivity contribution in [1.82, 2.24) is 19.9 Å². The molecule has 138 valence electrons. The van der Waals surface area contributed by atoms with Crippen LogP contribution >= 0.6 is 11.6 Å². The first kappa shape index (κ1) is 17.2. The van der Waals surface area contributed by atoms with Crippen LogP contribution in [0.5, 0.6) is 0 Å². The van der Waals surface area contributed by atoms with Crippen molar-refractivity contribution in [2.75, 3.05) is 67.2 Å². The number of hydrogen-bond donors (Lipinski definition) is 0. The van der Waals surface area contributed by atoms with Crippen LogP contribution in [0.4, 0.5) is 17.5 Å². The molecule has 2 fully saturated rings. The Morgan fingerprint density at radius 2 is 1.38 bits per heavy atom. The summed E-state index contributed by atoms with van der Waals surface area (Å²) in [5.74, 6) is 3.52. The van der Waals surface area contributed by atoms with Crippen molar-refractivity contribution >= 4 is 29.1 Å². The van der Waals surface area contributed by atoms with Gasteiger partial charge in [-0.05, 0) is 6.92 Å². The van der Waals surface area contributed by atoms with Crippen LogP contribution in [0, 0.1) is 6.92 Å². The van der Waals surface area contributed by atoms with Crippen LogP contribution in [0.1, 0.15) is 5.82 Å². The third-order valence-electron chi connectivity index (χ3n) is 4.69. The lowest BCUT2D eigenvalue weighted by atomic mass is 10.3. The smallest absolute Gasteiger partial charge is 0.134 e. The van der Waals surface area contributed by atoms with Crippen molar-refractivity contribution in [1.29, 1.82) is 0 Å². The van der Waals surface area contributed by atoms with Crippen LogP contribution in [0.25, 0.3) is 0 Å². The number of anilines is 3. The van der Waals surface area contributed by atoms with Gasteiger partial charge in [0.2, 0.25) is 0 Å². The van der Waals surface area contributed by atoms with Gasteiger partial charge >= 0.3 is 0 Å². The molecule has 0 bridgehead atoms. The van der Waals surface area contributed by atoms with Gasteiger partial charge in [-0.1, -0.05) is 11.6 Å². The summed E-state index contributed by atoms with van der Waals surface area (Å²) in [6.07, 6.45) is 1.65. The topological polar surface area (TPSA) is 70.5 Å². The van der Waals surface area contributed by atoms with Crippen molar-refractivity contribution in [3.8, 4) is 0 Å². The second-order valence-electron chi connectivity index (χ2n) is 6.40. The largest absolute Gasteiger partial charge is 0.378 e. The Morgan fingerprint density at radius 3 is 2.00 bits per heavy atom. The third kappa shape index (κ3) is 3.81. The molecule has 0 unspecified atom stereocenters. The molecule has 0 amide bonds. The van der Waals surface area contributed by atoms with Gasteiger partial charge in [0.1, 0.15) is 34.8 Å². The van der Waals surface area contributed by atoms with Crippen LogP contribution in [0.15, 0.2) is 18.5 Å². The molecule has 0 saturated carbocycles. The van der Waals surface area contributed by atoms with E-state index < -0.39 is 0 Å². The molecule has 2 aromatic heterocycles. The number of halogens is 1. The highest BCUT2D eigenvalue weighted by molar-refractivity contribution is 6.29. The highest BCUT2D eigenvalue weighted by Crippen LogP contribution is 2.22. The molecule has 9 heteroatoms. The Labute approximate surface area is 157 Å². The van der Waals surface area contributed by atoms with Gasteiger partial charge < -0.3 is 19.4 Å². The average Bonchev–Trinajstić information content (AvgIpc) is 2.68. The van der Waals surface area contributed by atoms with Gasteiger partial charge in [0.25, 0.3) is 0 Å². The Kier molecular flexibility index (Phi) is 5.03. The zero-order chi connectivity index (χ0) is 17.9. The summed E-state index contributed by atoms with van der Waals surface area (Å²) in [4.78, 5) is 24.3. The van der Waals surface area contributed by atoms with E-state index in [1.807, 2.05) is 13.0 Å². The highest BCUT2D eigenvalue weighted by atomic mass is 35.5. The number of morpholine rings is 1. The summed E-state index contributed by atoms with van der Waals surface area (Å²) in [5, 5.41) is 0.487. The van der Waals surface area contributed by atoms with E-state index in [1.165, 1.54) is 0 Å². The van der Waals surface area contributed by atoms with E-state index in [9.17, 15) is 0 Å². The fourth-order valence-electron chi connectivity index (χ4n) is 3.32. The molecule has 26 heavy (non-hydrogen) atoms. The summed E-state index contributed by atoms with van der Waals surface area (Å²) >= 11 is 6.07. The summed E-state index contributed by atoms with van der Waals surface area (Å²) in [6, 6.07) is 3.90. The molecule has 0 N–H and O–H groups in total. The fourth-order valence-corrected chi connectivity index (χ4v) is 3.54. The quantitative estimate of drug-likeness (QED) is 0.745. The van der Waals surface area contributed by atoms with Gasteiger partial charge in [0.15, 0.2) is 0 Å². The Bertz CT molecular complexity index is 740. The molecule has 0 aliphatic carbocycles. The molecule has 2 aliphatic rings. The second-order valence-corrected chi connectivity index (χ2v) is 6.79. The fraction of sp³-hybridized carbons (Fsp3) is 0.529. The minimum absolute atomic E-state index is 0.487. The minimum Gasteiger partial charge on any atom is -0.378 e. The highest BCUT2D eigenvalue weighted by Gasteiger charge is 2.21. The molecular formula is C17H22ClN7O. The summed E-state index contributed by atoms with van der Waals surface area (Å²) in [6.45, 7) is 8.58. The van der Waals surface area contributed by atoms with E-state index in [1.54, 1.807) is 6.33 Å². The first-order valence-corrected chi connectivity index (χ1v) is 9.23. The van der Waals surface area contributed by atoms with Crippen molar-refractivity contribution < 1.29 is 4.74 Å². The van der Waals surface area contributed by atoms with Gasteiger partial charge in [0.05, 0.1) is 13.2 Å². The molecular weight excluding hydrogens is 354 g/mol. The molecule has 8 nitrogen and oxygen atoms in total. The number of hydrogen-bond acceptors (Lipinski definition) is 8. The van der Waals surface area contributed by atoms with Gasteiger partial charge in [-0.25, -0.2) is 19.9 Å². The number of aromatic nitrogens is 4. The summed E-state index contributed by atoms with van der Waals surface area (Å²) < 4.78 is 5.42. The number of rotatable bonds is 3. The lowest BCUT2D eigenvalue weighted by molar-refractivity contribution is 0.122. The molecule has 2 aliphatic heterocycles. The molecule has 2 saturated heterocycles. The normalized spacial score (nSPS) is 18.3. The van der Waals surface area contributed by atoms with E-state index >= 15 is 0 Å². The van der Waals surface area contributed by atoms with E-state index in [-0.39, 0.29) is 0 Å². The van der Waals surface area contributed by atoms with Gasteiger partial charge in [-0.2, -0.15) is 0 Å². The van der Waals surface area contributed by atoms with Gasteiger partial charge in [0, 0.05) is 51.4 Å². The maximum absolute atomic E-state index is 6.07. The molecule has 0 radical (unpaired) electrons. The number of ether oxygens (including phenoxy) is 1. The summed E-state index contributed by atoms with van der Waals surface area (Å²) in [7, 11) is 0. The van der Waals surface area contributed by atoms with E-state index in [0.717, 1.165) is 69.9 Å². The van der Waals surface area contributed by atoms with Crippen LogP contribution in [0.3, 0.4) is 0 Å². The summed E-state index contributed by atoms with van der Waals surface area (Å²) in [5.41, 5.74) is 0. The van der Waals surface area contributed by atoms with E-state index in [0.29, 0.717) is 11.0 Å². The molecule has 0 atom stereocenters. The Morgan fingerprint density at radius 1 is 0.808 bits per heavy atom. The van der Waals surface area contributed by atoms with E-state index in [4.69, 9.17) is 16.3 Å². The van der Waals surface area contributed by atoms with Crippen LogP contribution < -0.4 is 14.7 Å². The Balaban J connectivity index is 1.43. The third-order valence-corrected chi connectivity index (χ3v) is 4.89. The van der Waals surface area contributed by atoms with Crippen LogP contribution in [-0.2, 0) is 4.74 Å². The predicted molar refractivity (Wildman–Crippen MR) is 101 cm³/mol. The number of nitrogens with zero attached hydrogens (tertiary/aromatic N) is 7. The zero-order valence-electron chi connectivity index (χ0n) is 14.8. The number of aryl methyl sites for hydroxylation is 1. The molecule has 4 heterocycles. The van der Waals surface area contributed by atoms with Crippen LogP contribution in [-0.4, -0.2) is 72.4 Å². The van der Waals surface area contributed by atoms with Gasteiger partial charge in [-0.15, -0.1) is 0 Å². The van der Waals surface area contributed by atoms with Crippen LogP contribution in [0.2, 0.25) is 5.15 Å². The van der Waals surface area contributed by atoms with Crippen molar-refractivity contribution in [3.63, 3.8) is 0 Å². The lowest BCUT2D eigenvalue weighted by Gasteiger charge is -2.36. The first-order chi connectivity index (χ1) is 12.7. The molecule has 4 rings (SSSR count). The Hall–Kier alpha value is -2.19.